The molecule has 2 aromatic carbocycles. The molecule has 3 aromatic rings. The Labute approximate surface area is 152 Å². The molecule has 2 heterocycles. The van der Waals surface area contributed by atoms with Crippen molar-refractivity contribution >= 4 is 0 Å². The summed E-state index contributed by atoms with van der Waals surface area (Å²) in [7, 11) is 0. The Balaban J connectivity index is 1.64. The molecular weight excluding hydrogens is 327 g/mol. The predicted octanol–water partition coefficient (Wildman–Crippen LogP) is 4.46. The second kappa shape index (κ2) is 6.54. The number of para-hydroxylation sites is 1. The molecule has 0 amide bonds. The van der Waals surface area contributed by atoms with Crippen LogP contribution in [0.25, 0.3) is 11.1 Å². The van der Waals surface area contributed by atoms with Gasteiger partial charge in [-0.25, -0.2) is 4.39 Å². The number of nitrogens with two attached hydrogens (primary N) is 1. The maximum Gasteiger partial charge on any atom is 0.123 e. The van der Waals surface area contributed by atoms with E-state index in [9.17, 15) is 4.39 Å². The summed E-state index contributed by atoms with van der Waals surface area (Å²) in [6.07, 6.45) is 5.22. The van der Waals surface area contributed by atoms with Gasteiger partial charge >= 0.3 is 0 Å². The Hall–Kier alpha value is -2.72. The number of aromatic nitrogens is 1. The van der Waals surface area contributed by atoms with Crippen molar-refractivity contribution in [1.82, 2.24) is 4.98 Å². The van der Waals surface area contributed by atoms with Crippen molar-refractivity contribution in [3.63, 3.8) is 0 Å². The van der Waals surface area contributed by atoms with Gasteiger partial charge in [-0.3, -0.25) is 4.98 Å². The van der Waals surface area contributed by atoms with Crippen molar-refractivity contribution in [3.8, 4) is 16.9 Å². The smallest absolute Gasteiger partial charge is 0.123 e. The van der Waals surface area contributed by atoms with E-state index in [4.69, 9.17) is 10.5 Å². The normalized spacial score (nSPS) is 18.5. The summed E-state index contributed by atoms with van der Waals surface area (Å²) in [6, 6.07) is 16.5. The van der Waals surface area contributed by atoms with Crippen LogP contribution in [0.4, 0.5) is 4.39 Å². The first-order chi connectivity index (χ1) is 12.5. The van der Waals surface area contributed by atoms with E-state index in [0.717, 1.165) is 35.3 Å². The standard InChI is InChI=1S/C22H21FN2O/c1-22(24,21-11-8-16-4-2-3-5-20(16)26-21)18-12-17(13-25-14-18)15-6-9-19(23)10-7-15/h2-7,9-10,12-14,21H,8,11,24H2,1H3/t21-,22?/m0/s1. The first-order valence-corrected chi connectivity index (χ1v) is 8.79. The molecule has 3 nitrogen and oxygen atoms in total. The van der Waals surface area contributed by atoms with E-state index in [1.165, 1.54) is 17.7 Å². The van der Waals surface area contributed by atoms with E-state index in [1.807, 2.05) is 31.2 Å². The Morgan fingerprint density at radius 2 is 1.85 bits per heavy atom. The quantitative estimate of drug-likeness (QED) is 0.760. The van der Waals surface area contributed by atoms with Crippen molar-refractivity contribution in [3.05, 3.63) is 83.9 Å². The van der Waals surface area contributed by atoms with E-state index in [1.54, 1.807) is 24.5 Å². The summed E-state index contributed by atoms with van der Waals surface area (Å²) < 4.78 is 19.4. The van der Waals surface area contributed by atoms with Crippen LogP contribution >= 0.6 is 0 Å². The second-order valence-electron chi connectivity index (χ2n) is 7.00. The van der Waals surface area contributed by atoms with Crippen LogP contribution in [-0.4, -0.2) is 11.1 Å². The van der Waals surface area contributed by atoms with E-state index in [2.05, 4.69) is 11.1 Å². The summed E-state index contributed by atoms with van der Waals surface area (Å²) in [5.74, 6) is 0.652. The fourth-order valence-electron chi connectivity index (χ4n) is 3.47. The summed E-state index contributed by atoms with van der Waals surface area (Å²) >= 11 is 0. The Bertz CT molecular complexity index is 921. The number of rotatable bonds is 3. The van der Waals surface area contributed by atoms with Gasteiger partial charge in [0.15, 0.2) is 0 Å². The van der Waals surface area contributed by atoms with Gasteiger partial charge in [0, 0.05) is 18.0 Å². The lowest BCUT2D eigenvalue weighted by Crippen LogP contribution is -2.49. The van der Waals surface area contributed by atoms with Gasteiger partial charge in [0.05, 0.1) is 5.54 Å². The summed E-state index contributed by atoms with van der Waals surface area (Å²) in [5, 5.41) is 0. The number of nitrogens with zero attached hydrogens (tertiary/aromatic N) is 1. The van der Waals surface area contributed by atoms with E-state index in [-0.39, 0.29) is 11.9 Å². The zero-order valence-electron chi connectivity index (χ0n) is 14.7. The fraction of sp³-hybridized carbons (Fsp3) is 0.227. The molecule has 4 rings (SSSR count). The van der Waals surface area contributed by atoms with Gasteiger partial charge in [0.25, 0.3) is 0 Å². The topological polar surface area (TPSA) is 48.1 Å². The molecule has 0 spiro atoms. The fourth-order valence-corrected chi connectivity index (χ4v) is 3.47. The largest absolute Gasteiger partial charge is 0.488 e. The van der Waals surface area contributed by atoms with E-state index in [0.29, 0.717) is 0 Å². The van der Waals surface area contributed by atoms with Crippen LogP contribution < -0.4 is 10.5 Å². The molecule has 1 aromatic heterocycles. The van der Waals surface area contributed by atoms with E-state index >= 15 is 0 Å². The van der Waals surface area contributed by atoms with Crippen LogP contribution in [0.2, 0.25) is 0 Å². The van der Waals surface area contributed by atoms with Gasteiger partial charge in [-0.15, -0.1) is 0 Å². The predicted molar refractivity (Wildman–Crippen MR) is 100 cm³/mol. The zero-order chi connectivity index (χ0) is 18.1. The van der Waals surface area contributed by atoms with Gasteiger partial charge < -0.3 is 10.5 Å². The van der Waals surface area contributed by atoms with Crippen LogP contribution in [0, 0.1) is 5.82 Å². The third-order valence-corrected chi connectivity index (χ3v) is 5.12. The third-order valence-electron chi connectivity index (χ3n) is 5.12. The van der Waals surface area contributed by atoms with Crippen LogP contribution in [0.3, 0.4) is 0 Å². The van der Waals surface area contributed by atoms with Crippen LogP contribution in [0.5, 0.6) is 5.75 Å². The van der Waals surface area contributed by atoms with Crippen molar-refractivity contribution in [2.75, 3.05) is 0 Å². The lowest BCUT2D eigenvalue weighted by molar-refractivity contribution is 0.0958. The molecular formula is C22H21FN2O. The van der Waals surface area contributed by atoms with Crippen molar-refractivity contribution in [2.24, 2.45) is 5.73 Å². The molecule has 132 valence electrons. The average molecular weight is 348 g/mol. The number of aryl methyl sites for hydroxylation is 1. The summed E-state index contributed by atoms with van der Waals surface area (Å²) in [6.45, 7) is 1.98. The Morgan fingerprint density at radius 3 is 2.65 bits per heavy atom. The zero-order valence-corrected chi connectivity index (χ0v) is 14.7. The SMILES string of the molecule is CC(N)(c1cncc(-c2ccc(F)cc2)c1)[C@@H]1CCc2ccccc2O1. The molecule has 0 bridgehead atoms. The van der Waals surface area contributed by atoms with E-state index < -0.39 is 5.54 Å². The summed E-state index contributed by atoms with van der Waals surface area (Å²) in [5.41, 5.74) is 9.98. The Morgan fingerprint density at radius 1 is 1.08 bits per heavy atom. The highest BCUT2D eigenvalue weighted by Crippen LogP contribution is 2.35. The van der Waals surface area contributed by atoms with Crippen molar-refractivity contribution in [2.45, 2.75) is 31.4 Å². The first kappa shape index (κ1) is 16.7. The third kappa shape index (κ3) is 3.08. The molecule has 0 fully saturated rings. The Kier molecular flexibility index (Phi) is 4.21. The molecule has 2 N–H and O–H groups in total. The highest BCUT2D eigenvalue weighted by atomic mass is 19.1. The molecule has 2 atom stereocenters. The van der Waals surface area contributed by atoms with Crippen molar-refractivity contribution in [1.29, 1.82) is 0 Å². The molecule has 4 heteroatoms. The number of pyridine rings is 1. The lowest BCUT2D eigenvalue weighted by Gasteiger charge is -2.38. The molecule has 1 aliphatic heterocycles. The van der Waals surface area contributed by atoms with Crippen LogP contribution in [0.1, 0.15) is 24.5 Å². The minimum atomic E-state index is -0.684. The monoisotopic (exact) mass is 348 g/mol. The molecule has 0 radical (unpaired) electrons. The number of halogens is 1. The minimum Gasteiger partial charge on any atom is -0.488 e. The van der Waals surface area contributed by atoms with Crippen molar-refractivity contribution < 1.29 is 9.13 Å². The maximum atomic E-state index is 13.2. The highest BCUT2D eigenvalue weighted by molar-refractivity contribution is 5.63. The lowest BCUT2D eigenvalue weighted by atomic mass is 9.83. The molecule has 26 heavy (non-hydrogen) atoms. The highest BCUT2D eigenvalue weighted by Gasteiger charge is 2.36. The maximum absolute atomic E-state index is 13.2. The number of hydrogen-bond acceptors (Lipinski definition) is 3. The molecule has 1 unspecified atom stereocenters. The van der Waals surface area contributed by atoms with Gasteiger partial charge in [0.2, 0.25) is 0 Å². The molecule has 0 saturated heterocycles. The molecule has 1 aliphatic rings. The number of fused-ring (bicyclic) bond motifs is 1. The van der Waals surface area contributed by atoms with Gasteiger partial charge in [-0.2, -0.15) is 0 Å². The molecule has 0 saturated carbocycles. The number of benzene rings is 2. The number of hydrogen-bond donors (Lipinski definition) is 1. The van der Waals surface area contributed by atoms with Gasteiger partial charge in [-0.1, -0.05) is 30.3 Å². The number of ether oxygens (including phenoxy) is 1. The first-order valence-electron chi connectivity index (χ1n) is 8.79. The average Bonchev–Trinajstić information content (AvgIpc) is 2.68. The summed E-state index contributed by atoms with van der Waals surface area (Å²) in [4.78, 5) is 4.36. The van der Waals surface area contributed by atoms with Crippen LogP contribution in [-0.2, 0) is 12.0 Å². The van der Waals surface area contributed by atoms with Gasteiger partial charge in [0.1, 0.15) is 17.7 Å². The molecule has 0 aliphatic carbocycles. The minimum absolute atomic E-state index is 0.136. The van der Waals surface area contributed by atoms with Crippen LogP contribution in [0.15, 0.2) is 67.0 Å². The second-order valence-corrected chi connectivity index (χ2v) is 7.00. The van der Waals surface area contributed by atoms with Gasteiger partial charge in [-0.05, 0) is 60.7 Å².